The van der Waals surface area contributed by atoms with Crippen molar-refractivity contribution in [2.24, 2.45) is 5.41 Å². The molecule has 1 aromatic carbocycles. The predicted molar refractivity (Wildman–Crippen MR) is 84.9 cm³/mol. The number of benzene rings is 1. The van der Waals surface area contributed by atoms with E-state index < -0.39 is 0 Å². The lowest BCUT2D eigenvalue weighted by molar-refractivity contribution is 0.202. The first-order chi connectivity index (χ1) is 9.15. The number of ether oxygens (including phenoxy) is 1. The largest absolute Gasteiger partial charge is 0.384 e. The molecule has 0 amide bonds. The molecule has 1 saturated carbocycles. The van der Waals surface area contributed by atoms with E-state index in [9.17, 15) is 0 Å². The van der Waals surface area contributed by atoms with E-state index in [2.05, 4.69) is 47.1 Å². The predicted octanol–water partition coefficient (Wildman–Crippen LogP) is 5.28. The van der Waals surface area contributed by atoms with Gasteiger partial charge in [-0.05, 0) is 35.8 Å². The summed E-state index contributed by atoms with van der Waals surface area (Å²) in [5.41, 5.74) is 3.21. The van der Waals surface area contributed by atoms with E-state index in [-0.39, 0.29) is 0 Å². The molecule has 0 aromatic heterocycles. The minimum absolute atomic E-state index is 0.423. The molecular weight excluding hydrogens is 300 g/mol. The summed E-state index contributed by atoms with van der Waals surface area (Å²) in [5, 5.41) is 0. The van der Waals surface area contributed by atoms with Gasteiger partial charge >= 0.3 is 0 Å². The fourth-order valence-electron chi connectivity index (χ4n) is 3.09. The van der Waals surface area contributed by atoms with E-state index in [1.54, 1.807) is 7.11 Å². The fraction of sp³-hybridized carbons (Fsp3) is 0.647. The topological polar surface area (TPSA) is 9.23 Å². The zero-order valence-corrected chi connectivity index (χ0v) is 13.7. The van der Waals surface area contributed by atoms with Gasteiger partial charge in [0.25, 0.3) is 0 Å². The molecule has 1 aliphatic rings. The van der Waals surface area contributed by atoms with Crippen molar-refractivity contribution >= 4 is 15.9 Å². The molecule has 0 saturated heterocycles. The van der Waals surface area contributed by atoms with Crippen LogP contribution in [0.3, 0.4) is 0 Å². The second-order valence-corrected chi connectivity index (χ2v) is 6.98. The molecule has 1 unspecified atom stereocenters. The van der Waals surface area contributed by atoms with Crippen LogP contribution in [0.15, 0.2) is 24.3 Å². The Labute approximate surface area is 125 Å². The second-order valence-electron chi connectivity index (χ2n) is 6.06. The lowest BCUT2D eigenvalue weighted by Gasteiger charge is -2.38. The third kappa shape index (κ3) is 3.82. The van der Waals surface area contributed by atoms with Gasteiger partial charge in [0.1, 0.15) is 0 Å². The SMILES string of the molecule is COCCc1ccc(C(Br)C2(C)CCCCC2)cc1. The quantitative estimate of drug-likeness (QED) is 0.669. The van der Waals surface area contributed by atoms with Gasteiger partial charge in [0, 0.05) is 11.9 Å². The monoisotopic (exact) mass is 324 g/mol. The molecule has 19 heavy (non-hydrogen) atoms. The van der Waals surface area contributed by atoms with Crippen molar-refractivity contribution in [3.05, 3.63) is 35.4 Å². The Balaban J connectivity index is 2.04. The van der Waals surface area contributed by atoms with Crippen molar-refractivity contribution < 1.29 is 4.74 Å². The molecule has 0 radical (unpaired) electrons. The van der Waals surface area contributed by atoms with E-state index in [1.165, 1.54) is 43.2 Å². The van der Waals surface area contributed by atoms with Gasteiger partial charge in [-0.2, -0.15) is 0 Å². The van der Waals surface area contributed by atoms with Crippen LogP contribution in [0.2, 0.25) is 0 Å². The van der Waals surface area contributed by atoms with Gasteiger partial charge in [0.2, 0.25) is 0 Å². The molecule has 106 valence electrons. The van der Waals surface area contributed by atoms with E-state index in [1.807, 2.05) is 0 Å². The van der Waals surface area contributed by atoms with Crippen molar-refractivity contribution in [2.75, 3.05) is 13.7 Å². The van der Waals surface area contributed by atoms with Crippen LogP contribution in [0.5, 0.6) is 0 Å². The molecule has 0 aliphatic heterocycles. The Morgan fingerprint density at radius 2 is 1.79 bits per heavy atom. The molecule has 1 nitrogen and oxygen atoms in total. The number of rotatable bonds is 5. The summed E-state index contributed by atoms with van der Waals surface area (Å²) in [6.07, 6.45) is 7.85. The summed E-state index contributed by atoms with van der Waals surface area (Å²) in [7, 11) is 1.76. The first kappa shape index (κ1) is 15.1. The fourth-order valence-corrected chi connectivity index (χ4v) is 3.85. The highest BCUT2D eigenvalue weighted by Gasteiger charge is 2.34. The Hall–Kier alpha value is -0.340. The van der Waals surface area contributed by atoms with Crippen molar-refractivity contribution in [2.45, 2.75) is 50.3 Å². The summed E-state index contributed by atoms with van der Waals surface area (Å²) < 4.78 is 5.13. The normalized spacial score (nSPS) is 20.2. The van der Waals surface area contributed by atoms with Crippen LogP contribution in [0, 0.1) is 5.41 Å². The standard InChI is InChI=1S/C17H25BrO/c1-17(11-4-3-5-12-17)16(18)15-8-6-14(7-9-15)10-13-19-2/h6-9,16H,3-5,10-13H2,1-2H3. The Morgan fingerprint density at radius 3 is 2.37 bits per heavy atom. The third-order valence-corrected chi connectivity index (χ3v) is 6.11. The van der Waals surface area contributed by atoms with E-state index in [0.717, 1.165) is 13.0 Å². The number of alkyl halides is 1. The lowest BCUT2D eigenvalue weighted by Crippen LogP contribution is -2.25. The van der Waals surface area contributed by atoms with Crippen LogP contribution in [-0.4, -0.2) is 13.7 Å². The first-order valence-electron chi connectivity index (χ1n) is 7.37. The van der Waals surface area contributed by atoms with Gasteiger partial charge in [0.15, 0.2) is 0 Å². The molecule has 0 N–H and O–H groups in total. The van der Waals surface area contributed by atoms with Crippen molar-refractivity contribution in [1.29, 1.82) is 0 Å². The number of hydrogen-bond donors (Lipinski definition) is 0. The van der Waals surface area contributed by atoms with Crippen LogP contribution in [0.4, 0.5) is 0 Å². The Morgan fingerprint density at radius 1 is 1.16 bits per heavy atom. The first-order valence-corrected chi connectivity index (χ1v) is 8.29. The summed E-state index contributed by atoms with van der Waals surface area (Å²) in [5.74, 6) is 0. The van der Waals surface area contributed by atoms with E-state index in [4.69, 9.17) is 4.74 Å². The highest BCUT2D eigenvalue weighted by molar-refractivity contribution is 9.09. The maximum atomic E-state index is 5.13. The molecule has 1 aliphatic carbocycles. The van der Waals surface area contributed by atoms with Crippen LogP contribution in [-0.2, 0) is 11.2 Å². The van der Waals surface area contributed by atoms with Crippen LogP contribution >= 0.6 is 15.9 Å². The van der Waals surface area contributed by atoms with Gasteiger partial charge in [-0.15, -0.1) is 0 Å². The summed E-state index contributed by atoms with van der Waals surface area (Å²) >= 11 is 3.96. The van der Waals surface area contributed by atoms with Gasteiger partial charge in [-0.3, -0.25) is 0 Å². The molecule has 0 heterocycles. The summed E-state index contributed by atoms with van der Waals surface area (Å²) in [6.45, 7) is 3.24. The zero-order valence-electron chi connectivity index (χ0n) is 12.1. The number of hydrogen-bond acceptors (Lipinski definition) is 1. The zero-order chi connectivity index (χ0) is 13.7. The highest BCUT2D eigenvalue weighted by Crippen LogP contribution is 2.50. The van der Waals surface area contributed by atoms with Crippen molar-refractivity contribution in [1.82, 2.24) is 0 Å². The maximum Gasteiger partial charge on any atom is 0.0502 e. The van der Waals surface area contributed by atoms with E-state index >= 15 is 0 Å². The third-order valence-electron chi connectivity index (χ3n) is 4.47. The minimum atomic E-state index is 0.423. The summed E-state index contributed by atoms with van der Waals surface area (Å²) in [6, 6.07) is 9.05. The molecule has 1 atom stereocenters. The molecule has 2 heteroatoms. The number of methoxy groups -OCH3 is 1. The molecule has 2 rings (SSSR count). The van der Waals surface area contributed by atoms with Gasteiger partial charge in [-0.1, -0.05) is 66.4 Å². The molecule has 0 spiro atoms. The maximum absolute atomic E-state index is 5.13. The lowest BCUT2D eigenvalue weighted by atomic mass is 9.72. The van der Waals surface area contributed by atoms with Crippen LogP contribution in [0.1, 0.15) is 55.0 Å². The molecule has 1 fully saturated rings. The minimum Gasteiger partial charge on any atom is -0.384 e. The average molecular weight is 325 g/mol. The molecular formula is C17H25BrO. The smallest absolute Gasteiger partial charge is 0.0502 e. The van der Waals surface area contributed by atoms with Gasteiger partial charge in [-0.25, -0.2) is 0 Å². The number of halogens is 1. The van der Waals surface area contributed by atoms with E-state index in [0.29, 0.717) is 10.2 Å². The van der Waals surface area contributed by atoms with Crippen LogP contribution < -0.4 is 0 Å². The Bertz CT molecular complexity index is 379. The summed E-state index contributed by atoms with van der Waals surface area (Å²) in [4.78, 5) is 0.483. The average Bonchev–Trinajstić information content (AvgIpc) is 2.46. The molecule has 0 bridgehead atoms. The Kier molecular flexibility index (Phi) is 5.47. The van der Waals surface area contributed by atoms with Gasteiger partial charge < -0.3 is 4.74 Å². The second kappa shape index (κ2) is 6.90. The van der Waals surface area contributed by atoms with Gasteiger partial charge in [0.05, 0.1) is 6.61 Å². The van der Waals surface area contributed by atoms with Crippen molar-refractivity contribution in [3.8, 4) is 0 Å². The highest BCUT2D eigenvalue weighted by atomic mass is 79.9. The molecule has 1 aromatic rings. The van der Waals surface area contributed by atoms with Crippen LogP contribution in [0.25, 0.3) is 0 Å². The van der Waals surface area contributed by atoms with Crippen molar-refractivity contribution in [3.63, 3.8) is 0 Å².